The van der Waals surface area contributed by atoms with Gasteiger partial charge in [-0.3, -0.25) is 4.79 Å². The second kappa shape index (κ2) is 8.81. The smallest absolute Gasteiger partial charge is 0.336 e. The van der Waals surface area contributed by atoms with E-state index in [1.54, 1.807) is 23.5 Å². The van der Waals surface area contributed by atoms with Crippen molar-refractivity contribution in [1.29, 1.82) is 0 Å². The molecule has 0 N–H and O–H groups in total. The molecule has 0 radical (unpaired) electrons. The quantitative estimate of drug-likeness (QED) is 0.343. The number of amides is 1. The summed E-state index contributed by atoms with van der Waals surface area (Å²) in [7, 11) is 0. The molecule has 32 heavy (non-hydrogen) atoms. The summed E-state index contributed by atoms with van der Waals surface area (Å²) in [5, 5.41) is 3.09. The molecule has 1 fully saturated rings. The van der Waals surface area contributed by atoms with Gasteiger partial charge in [-0.25, -0.2) is 4.79 Å². The number of fused-ring (bicyclic) bond motifs is 1. The number of ether oxygens (including phenoxy) is 1. The molecule has 2 aromatic carbocycles. The zero-order chi connectivity index (χ0) is 22.1. The summed E-state index contributed by atoms with van der Waals surface area (Å²) in [4.78, 5) is 28.1. The molecule has 1 atom stereocenters. The molecule has 7 heteroatoms. The summed E-state index contributed by atoms with van der Waals surface area (Å²) in [6, 6.07) is 18.5. The average Bonchev–Trinajstić information content (AvgIpc) is 3.50. The van der Waals surface area contributed by atoms with Crippen LogP contribution in [0.3, 0.4) is 0 Å². The largest absolute Gasteiger partial charge is 0.482 e. The van der Waals surface area contributed by atoms with Crippen molar-refractivity contribution in [3.05, 3.63) is 86.4 Å². The first-order chi connectivity index (χ1) is 15.6. The van der Waals surface area contributed by atoms with Crippen molar-refractivity contribution in [1.82, 2.24) is 4.90 Å². The predicted octanol–water partition coefficient (Wildman–Crippen LogP) is 5.92. The molecule has 1 unspecified atom stereocenters. The van der Waals surface area contributed by atoms with E-state index in [2.05, 4.69) is 6.07 Å². The summed E-state index contributed by atoms with van der Waals surface area (Å²) in [6.07, 6.45) is 1.93. The van der Waals surface area contributed by atoms with Crippen LogP contribution in [0, 0.1) is 0 Å². The number of thiophene rings is 1. The van der Waals surface area contributed by atoms with E-state index >= 15 is 0 Å². The van der Waals surface area contributed by atoms with Gasteiger partial charge in [-0.1, -0.05) is 48.0 Å². The Hall–Kier alpha value is -3.09. The first-order valence-corrected chi connectivity index (χ1v) is 11.6. The van der Waals surface area contributed by atoms with Crippen LogP contribution < -0.4 is 10.4 Å². The zero-order valence-electron chi connectivity index (χ0n) is 17.1. The molecule has 1 aliphatic heterocycles. The normalized spacial score (nSPS) is 15.9. The predicted molar refractivity (Wildman–Crippen MR) is 126 cm³/mol. The molecule has 5 nitrogen and oxygen atoms in total. The fraction of sp³-hybridized carbons (Fsp3) is 0.200. The number of carbonyl (C=O) groups is 1. The highest BCUT2D eigenvalue weighted by molar-refractivity contribution is 7.10. The van der Waals surface area contributed by atoms with Crippen molar-refractivity contribution in [3.63, 3.8) is 0 Å². The Morgan fingerprint density at radius 3 is 2.78 bits per heavy atom. The van der Waals surface area contributed by atoms with Crippen LogP contribution in [0.5, 0.6) is 5.75 Å². The van der Waals surface area contributed by atoms with Crippen LogP contribution in [0.25, 0.3) is 22.1 Å². The lowest BCUT2D eigenvalue weighted by atomic mass is 10.0. The third-order valence-electron chi connectivity index (χ3n) is 5.68. The van der Waals surface area contributed by atoms with Crippen molar-refractivity contribution in [2.45, 2.75) is 18.9 Å². The third kappa shape index (κ3) is 4.04. The maximum absolute atomic E-state index is 12.9. The molecule has 5 rings (SSSR count). The monoisotopic (exact) mass is 465 g/mol. The van der Waals surface area contributed by atoms with Gasteiger partial charge in [-0.05, 0) is 41.5 Å². The number of likely N-dealkylation sites (tertiary alicyclic amines) is 1. The van der Waals surface area contributed by atoms with Crippen molar-refractivity contribution in [2.75, 3.05) is 13.2 Å². The van der Waals surface area contributed by atoms with Gasteiger partial charge < -0.3 is 14.1 Å². The Balaban J connectivity index is 1.40. The van der Waals surface area contributed by atoms with E-state index in [1.165, 1.54) is 10.9 Å². The molecule has 0 bridgehead atoms. The van der Waals surface area contributed by atoms with E-state index in [9.17, 15) is 9.59 Å². The van der Waals surface area contributed by atoms with E-state index in [0.717, 1.165) is 24.0 Å². The van der Waals surface area contributed by atoms with E-state index in [0.29, 0.717) is 28.3 Å². The average molecular weight is 466 g/mol. The van der Waals surface area contributed by atoms with Gasteiger partial charge in [-0.15, -0.1) is 11.3 Å². The van der Waals surface area contributed by atoms with Gasteiger partial charge >= 0.3 is 5.63 Å². The molecule has 0 spiro atoms. The van der Waals surface area contributed by atoms with E-state index in [-0.39, 0.29) is 18.6 Å². The van der Waals surface area contributed by atoms with Crippen LogP contribution in [0.15, 0.2) is 75.3 Å². The number of halogens is 1. The SMILES string of the molecule is O=C(COc1cc2oc(=O)cc(-c3ccccc3)c2cc1Cl)N1CCCC1c1cccs1. The molecule has 1 amide bonds. The van der Waals surface area contributed by atoms with Crippen LogP contribution >= 0.6 is 22.9 Å². The highest BCUT2D eigenvalue weighted by atomic mass is 35.5. The maximum Gasteiger partial charge on any atom is 0.336 e. The van der Waals surface area contributed by atoms with Gasteiger partial charge in [0.05, 0.1) is 11.1 Å². The van der Waals surface area contributed by atoms with Crippen LogP contribution in [-0.2, 0) is 4.79 Å². The standard InChI is InChI=1S/C25H20ClNO4S/c26-19-12-18-17(16-6-2-1-3-7-16)13-25(29)31-21(18)14-22(19)30-15-24(28)27-10-4-8-20(27)23-9-5-11-32-23/h1-3,5-7,9,11-14,20H,4,8,10,15H2. The second-order valence-electron chi connectivity index (χ2n) is 7.67. The number of carbonyl (C=O) groups excluding carboxylic acids is 1. The maximum atomic E-state index is 12.9. The number of benzene rings is 2. The number of nitrogens with zero attached hydrogens (tertiary/aromatic N) is 1. The Labute approximate surface area is 193 Å². The molecule has 0 aliphatic carbocycles. The fourth-order valence-electron chi connectivity index (χ4n) is 4.19. The van der Waals surface area contributed by atoms with Crippen molar-refractivity contribution < 1.29 is 13.9 Å². The van der Waals surface area contributed by atoms with Crippen LogP contribution in [-0.4, -0.2) is 24.0 Å². The second-order valence-corrected chi connectivity index (χ2v) is 9.06. The zero-order valence-corrected chi connectivity index (χ0v) is 18.7. The lowest BCUT2D eigenvalue weighted by molar-refractivity contribution is -0.134. The topological polar surface area (TPSA) is 59.8 Å². The Morgan fingerprint density at radius 1 is 1.16 bits per heavy atom. The molecule has 2 aromatic heterocycles. The fourth-order valence-corrected chi connectivity index (χ4v) is 5.29. The minimum absolute atomic E-state index is 0.0865. The first kappa shape index (κ1) is 20.8. The highest BCUT2D eigenvalue weighted by Crippen LogP contribution is 2.36. The van der Waals surface area contributed by atoms with E-state index in [4.69, 9.17) is 20.8 Å². The minimum Gasteiger partial charge on any atom is -0.482 e. The molecule has 1 saturated heterocycles. The highest BCUT2D eigenvalue weighted by Gasteiger charge is 2.30. The Morgan fingerprint density at radius 2 is 2.00 bits per heavy atom. The van der Waals surface area contributed by atoms with E-state index in [1.807, 2.05) is 46.7 Å². The minimum atomic E-state index is -0.462. The lowest BCUT2D eigenvalue weighted by Crippen LogP contribution is -2.34. The van der Waals surface area contributed by atoms with E-state index < -0.39 is 5.63 Å². The summed E-state index contributed by atoms with van der Waals surface area (Å²) in [5.41, 5.74) is 1.52. The summed E-state index contributed by atoms with van der Waals surface area (Å²) in [5.74, 6) is 0.226. The van der Waals surface area contributed by atoms with Crippen LogP contribution in [0.1, 0.15) is 23.8 Å². The molecule has 162 valence electrons. The first-order valence-electron chi connectivity index (χ1n) is 10.4. The number of rotatable bonds is 5. The van der Waals surface area contributed by atoms with Gasteiger partial charge in [-0.2, -0.15) is 0 Å². The third-order valence-corrected chi connectivity index (χ3v) is 6.95. The summed E-state index contributed by atoms with van der Waals surface area (Å²) >= 11 is 8.15. The molecule has 4 aromatic rings. The Kier molecular flexibility index (Phi) is 5.72. The summed E-state index contributed by atoms with van der Waals surface area (Å²) in [6.45, 7) is 0.585. The van der Waals surface area contributed by atoms with Gasteiger partial charge in [0.25, 0.3) is 5.91 Å². The molecule has 3 heterocycles. The van der Waals surface area contributed by atoms with Crippen molar-refractivity contribution in [3.8, 4) is 16.9 Å². The van der Waals surface area contributed by atoms with Crippen LogP contribution in [0.2, 0.25) is 5.02 Å². The lowest BCUT2D eigenvalue weighted by Gasteiger charge is -2.24. The summed E-state index contributed by atoms with van der Waals surface area (Å²) < 4.78 is 11.2. The molecular weight excluding hydrogens is 446 g/mol. The molecular formula is C25H20ClNO4S. The van der Waals surface area contributed by atoms with Gasteiger partial charge in [0, 0.05) is 28.9 Å². The van der Waals surface area contributed by atoms with Gasteiger partial charge in [0.2, 0.25) is 0 Å². The molecule has 1 aliphatic rings. The van der Waals surface area contributed by atoms with Crippen molar-refractivity contribution >= 4 is 39.8 Å². The number of hydrogen-bond donors (Lipinski definition) is 0. The Bertz CT molecular complexity index is 1320. The van der Waals surface area contributed by atoms with Gasteiger partial charge in [0.15, 0.2) is 6.61 Å². The molecule has 0 saturated carbocycles. The van der Waals surface area contributed by atoms with Gasteiger partial charge in [0.1, 0.15) is 11.3 Å². The number of hydrogen-bond acceptors (Lipinski definition) is 5. The van der Waals surface area contributed by atoms with Crippen molar-refractivity contribution in [2.24, 2.45) is 0 Å². The van der Waals surface area contributed by atoms with Crippen LogP contribution in [0.4, 0.5) is 0 Å².